The van der Waals surface area contributed by atoms with Crippen LogP contribution in [0.1, 0.15) is 18.2 Å². The number of thiocarbonyl (C=S) groups is 1. The molecule has 0 aromatic carbocycles. The highest BCUT2D eigenvalue weighted by Gasteiger charge is 2.59. The van der Waals surface area contributed by atoms with Crippen molar-refractivity contribution < 1.29 is 14.4 Å². The number of amides is 4. The number of nitrogens with two attached hydrogens (primary N) is 2. The Hall–Kier alpha value is -3.22. The summed E-state index contributed by atoms with van der Waals surface area (Å²) in [7, 11) is 2.93. The largest absolute Gasteiger partial charge is 0.350 e. The molecule has 1 atom stereocenters. The number of rotatable bonds is 3. The smallest absolute Gasteiger partial charge is 0.341 e. The Labute approximate surface area is 152 Å². The molecule has 2 rings (SSSR count). The molecule has 1 unspecified atom stereocenters. The first-order valence-electron chi connectivity index (χ1n) is 7.25. The van der Waals surface area contributed by atoms with E-state index in [9.17, 15) is 19.2 Å². The van der Waals surface area contributed by atoms with E-state index in [0.29, 0.717) is 4.68 Å². The summed E-state index contributed by atoms with van der Waals surface area (Å²) in [5.74, 6) is -0.589. The Morgan fingerprint density at radius 2 is 1.85 bits per heavy atom. The maximum atomic E-state index is 13.1. The molecule has 1 aliphatic rings. The molecule has 1 fully saturated rings. The molecular weight excluding hydrogens is 364 g/mol. The van der Waals surface area contributed by atoms with E-state index >= 15 is 0 Å². The van der Waals surface area contributed by atoms with Gasteiger partial charge in [0.2, 0.25) is 0 Å². The van der Waals surface area contributed by atoms with E-state index in [1.807, 2.05) is 5.43 Å². The second-order valence-electron chi connectivity index (χ2n) is 5.68. The molecule has 13 heteroatoms. The summed E-state index contributed by atoms with van der Waals surface area (Å²) in [5, 5.41) is 6.47. The highest BCUT2D eigenvalue weighted by Crippen LogP contribution is 2.37. The molecular formula is C13H18N8O4S. The van der Waals surface area contributed by atoms with Crippen LogP contribution in [0, 0.1) is 6.92 Å². The van der Waals surface area contributed by atoms with Gasteiger partial charge in [-0.2, -0.15) is 9.78 Å². The molecule has 1 aromatic heterocycles. The number of urea groups is 1. The molecule has 0 aliphatic carbocycles. The number of hydrazone groups is 1. The van der Waals surface area contributed by atoms with Gasteiger partial charge in [-0.1, -0.05) is 0 Å². The van der Waals surface area contributed by atoms with Gasteiger partial charge < -0.3 is 16.4 Å². The number of aryl methyl sites for hydroxylation is 1. The van der Waals surface area contributed by atoms with E-state index < -0.39 is 29.1 Å². The quantitative estimate of drug-likeness (QED) is 0.277. The lowest BCUT2D eigenvalue weighted by atomic mass is 9.84. The van der Waals surface area contributed by atoms with Gasteiger partial charge in [0.15, 0.2) is 10.7 Å². The average Bonchev–Trinajstić information content (AvgIpc) is 2.94. The van der Waals surface area contributed by atoms with Gasteiger partial charge in [0, 0.05) is 19.8 Å². The third-order valence-electron chi connectivity index (χ3n) is 4.20. The molecule has 1 saturated heterocycles. The summed E-state index contributed by atoms with van der Waals surface area (Å²) in [6.45, 7) is 2.92. The van der Waals surface area contributed by atoms with Crippen LogP contribution in [0.25, 0.3) is 0 Å². The van der Waals surface area contributed by atoms with E-state index in [4.69, 9.17) is 23.7 Å². The van der Waals surface area contributed by atoms with Gasteiger partial charge in [-0.15, -0.1) is 0 Å². The minimum atomic E-state index is -1.79. The minimum Gasteiger partial charge on any atom is -0.350 e. The predicted octanol–water partition coefficient (Wildman–Crippen LogP) is -1.66. The number of primary amides is 2. The number of nitrogens with one attached hydrogen (secondary N) is 2. The normalized spacial score (nSPS) is 20.7. The molecule has 0 saturated carbocycles. The van der Waals surface area contributed by atoms with Crippen molar-refractivity contribution in [2.45, 2.75) is 19.4 Å². The molecule has 140 valence electrons. The highest BCUT2D eigenvalue weighted by molar-refractivity contribution is 7.80. The number of likely N-dealkylation sites (N-methyl/N-ethyl adjacent to an activating group) is 2. The average molecular weight is 382 g/mol. The van der Waals surface area contributed by atoms with Crippen molar-refractivity contribution in [1.29, 1.82) is 0 Å². The first kappa shape index (κ1) is 19.1. The zero-order valence-corrected chi connectivity index (χ0v) is 15.3. The van der Waals surface area contributed by atoms with Crippen LogP contribution >= 0.6 is 12.2 Å². The first-order valence-corrected chi connectivity index (χ1v) is 7.66. The van der Waals surface area contributed by atoms with Crippen LogP contribution in [0.2, 0.25) is 0 Å². The molecule has 12 nitrogen and oxygen atoms in total. The molecule has 6 N–H and O–H groups in total. The summed E-state index contributed by atoms with van der Waals surface area (Å²) in [5.41, 5.74) is 9.76. The number of carbonyl (C=O) groups is 3. The Morgan fingerprint density at radius 1 is 1.27 bits per heavy atom. The molecule has 26 heavy (non-hydrogen) atoms. The van der Waals surface area contributed by atoms with Crippen LogP contribution in [-0.4, -0.2) is 62.5 Å². The van der Waals surface area contributed by atoms with Gasteiger partial charge in [-0.05, 0) is 26.1 Å². The van der Waals surface area contributed by atoms with Crippen molar-refractivity contribution in [1.82, 2.24) is 25.0 Å². The van der Waals surface area contributed by atoms with Crippen molar-refractivity contribution in [3.63, 3.8) is 0 Å². The summed E-state index contributed by atoms with van der Waals surface area (Å²) in [6, 6.07) is -2.00. The number of H-pyrrole nitrogens is 1. The number of aromatic amines is 1. The van der Waals surface area contributed by atoms with Crippen LogP contribution in [0.3, 0.4) is 0 Å². The van der Waals surface area contributed by atoms with Crippen molar-refractivity contribution in [2.75, 3.05) is 14.1 Å². The Morgan fingerprint density at radius 3 is 2.23 bits per heavy atom. The monoisotopic (exact) mass is 382 g/mol. The van der Waals surface area contributed by atoms with Crippen LogP contribution in [-0.2, 0) is 10.3 Å². The van der Waals surface area contributed by atoms with Gasteiger partial charge in [0.05, 0.1) is 11.3 Å². The van der Waals surface area contributed by atoms with Crippen molar-refractivity contribution in [3.8, 4) is 0 Å². The zero-order chi connectivity index (χ0) is 20.0. The molecule has 1 aromatic rings. The zero-order valence-electron chi connectivity index (χ0n) is 14.5. The van der Waals surface area contributed by atoms with Crippen LogP contribution in [0.4, 0.5) is 9.59 Å². The lowest BCUT2D eigenvalue weighted by molar-refractivity contribution is -0.129. The fraction of sp³-hybridized carbons (Fsp3) is 0.385. The van der Waals surface area contributed by atoms with Gasteiger partial charge in [-0.25, -0.2) is 15.0 Å². The fourth-order valence-corrected chi connectivity index (χ4v) is 3.26. The topological polar surface area (TPSA) is 172 Å². The SMILES string of the molecule is C/C(=N\NC(N)=O)C1(c2c(C)[nH]n(C(N)=O)c2=O)C(=O)N(C)C(=S)N1C. The van der Waals surface area contributed by atoms with E-state index in [1.54, 1.807) is 0 Å². The molecule has 2 heterocycles. The summed E-state index contributed by atoms with van der Waals surface area (Å²) in [6.07, 6.45) is 0. The maximum absolute atomic E-state index is 13.1. The van der Waals surface area contributed by atoms with Crippen LogP contribution in [0.15, 0.2) is 9.90 Å². The lowest BCUT2D eigenvalue weighted by Gasteiger charge is -2.32. The van der Waals surface area contributed by atoms with Gasteiger partial charge in [0.25, 0.3) is 11.5 Å². The van der Waals surface area contributed by atoms with Crippen LogP contribution < -0.4 is 22.5 Å². The van der Waals surface area contributed by atoms with Gasteiger partial charge in [0.1, 0.15) is 0 Å². The number of aromatic nitrogens is 2. The van der Waals surface area contributed by atoms with Gasteiger partial charge >= 0.3 is 12.1 Å². The Kier molecular flexibility index (Phi) is 4.60. The fourth-order valence-electron chi connectivity index (χ4n) is 3.04. The lowest BCUT2D eigenvalue weighted by Crippen LogP contribution is -2.54. The summed E-state index contributed by atoms with van der Waals surface area (Å²) >= 11 is 5.24. The molecule has 1 aliphatic heterocycles. The second kappa shape index (κ2) is 6.25. The molecule has 0 radical (unpaired) electrons. The van der Waals surface area contributed by atoms with E-state index in [0.717, 1.165) is 0 Å². The van der Waals surface area contributed by atoms with Gasteiger partial charge in [-0.3, -0.25) is 19.6 Å². The standard InChI is InChI=1S/C13H18N8O4S/c1-5-7(8(22)21(18-5)11(15)25)13(6(2)16-17-10(14)24)9(23)19(3)12(26)20(13)4/h18H,1-4H3,(H2,15,25)(H3,14,17,24)/b16-6+. The predicted molar refractivity (Wildman–Crippen MR) is 95.4 cm³/mol. The van der Waals surface area contributed by atoms with Crippen molar-refractivity contribution >= 4 is 41.0 Å². The second-order valence-corrected chi connectivity index (χ2v) is 6.05. The molecule has 0 bridgehead atoms. The van der Waals surface area contributed by atoms with E-state index in [-0.39, 0.29) is 22.1 Å². The highest BCUT2D eigenvalue weighted by atomic mass is 32.1. The molecule has 4 amide bonds. The van der Waals surface area contributed by atoms with Crippen molar-refractivity contribution in [2.24, 2.45) is 16.6 Å². The molecule has 0 spiro atoms. The number of carbonyl (C=O) groups excluding carboxylic acids is 3. The number of hydrogen-bond acceptors (Lipinski definition) is 6. The minimum absolute atomic E-state index is 0.0197. The third kappa shape index (κ3) is 2.44. The summed E-state index contributed by atoms with van der Waals surface area (Å²) in [4.78, 5) is 50.9. The third-order valence-corrected chi connectivity index (χ3v) is 4.75. The van der Waals surface area contributed by atoms with Crippen molar-refractivity contribution in [3.05, 3.63) is 21.6 Å². The Bertz CT molecular complexity index is 916. The summed E-state index contributed by atoms with van der Waals surface area (Å²) < 4.78 is 0.573. The number of hydrogen-bond donors (Lipinski definition) is 4. The Balaban J connectivity index is 2.89. The maximum Gasteiger partial charge on any atom is 0.341 e. The van der Waals surface area contributed by atoms with E-state index in [2.05, 4.69) is 10.2 Å². The first-order chi connectivity index (χ1) is 12.0. The van der Waals surface area contributed by atoms with E-state index in [1.165, 1.54) is 37.7 Å². The number of nitrogens with zero attached hydrogens (tertiary/aromatic N) is 4. The van der Waals surface area contributed by atoms with Crippen LogP contribution in [0.5, 0.6) is 0 Å².